The molecule has 2 amide bonds. The van der Waals surface area contributed by atoms with Crippen LogP contribution in [0.2, 0.25) is 0 Å². The van der Waals surface area contributed by atoms with Crippen molar-refractivity contribution in [3.05, 3.63) is 65.7 Å². The van der Waals surface area contributed by atoms with Crippen molar-refractivity contribution in [2.45, 2.75) is 26.2 Å². The molecule has 0 radical (unpaired) electrons. The van der Waals surface area contributed by atoms with E-state index >= 15 is 0 Å². The Hall–Kier alpha value is -3.22. The van der Waals surface area contributed by atoms with Crippen LogP contribution in [0.15, 0.2) is 54.4 Å². The molecule has 6 nitrogen and oxygen atoms in total. The number of hydrogen-bond acceptors (Lipinski definition) is 5. The van der Waals surface area contributed by atoms with Gasteiger partial charge >= 0.3 is 0 Å². The van der Waals surface area contributed by atoms with Crippen LogP contribution < -0.4 is 4.90 Å². The number of anilines is 1. The Morgan fingerprint density at radius 3 is 2.26 bits per heavy atom. The molecule has 7 heteroatoms. The normalized spacial score (nSPS) is 17.2. The van der Waals surface area contributed by atoms with Gasteiger partial charge in [0.15, 0.2) is 0 Å². The van der Waals surface area contributed by atoms with Gasteiger partial charge in [0.2, 0.25) is 0 Å². The fourth-order valence-corrected chi connectivity index (χ4v) is 4.16. The topological polar surface area (TPSA) is 56.8 Å². The smallest absolute Gasteiger partial charge is 0.277 e. The molecule has 162 valence electrons. The van der Waals surface area contributed by atoms with E-state index in [4.69, 9.17) is 0 Å². The maximum atomic E-state index is 13.5. The number of hydrogen-bond donors (Lipinski definition) is 0. The van der Waals surface area contributed by atoms with Crippen molar-refractivity contribution in [2.24, 2.45) is 0 Å². The SMILES string of the molecule is CCCCCN1C(=O)C(c2ccc(F)cc2)=C(N2CCN(c3ccccn3)CC2)C1=O. The van der Waals surface area contributed by atoms with Crippen LogP contribution in [0.1, 0.15) is 31.7 Å². The third kappa shape index (κ3) is 4.31. The van der Waals surface area contributed by atoms with E-state index < -0.39 is 0 Å². The number of imide groups is 1. The second-order valence-electron chi connectivity index (χ2n) is 7.86. The molecule has 3 heterocycles. The lowest BCUT2D eigenvalue weighted by molar-refractivity contribution is -0.137. The molecule has 2 aromatic rings. The Bertz CT molecular complexity index is 967. The Kier molecular flexibility index (Phi) is 6.30. The summed E-state index contributed by atoms with van der Waals surface area (Å²) in [5.74, 6) is 0.0120. The first-order valence-corrected chi connectivity index (χ1v) is 10.9. The summed E-state index contributed by atoms with van der Waals surface area (Å²) < 4.78 is 13.5. The fourth-order valence-electron chi connectivity index (χ4n) is 4.16. The van der Waals surface area contributed by atoms with Crippen LogP contribution in [-0.4, -0.2) is 59.3 Å². The van der Waals surface area contributed by atoms with Gasteiger partial charge in [0.25, 0.3) is 11.8 Å². The third-order valence-electron chi connectivity index (χ3n) is 5.83. The first-order chi connectivity index (χ1) is 15.1. The summed E-state index contributed by atoms with van der Waals surface area (Å²) >= 11 is 0. The van der Waals surface area contributed by atoms with E-state index in [1.165, 1.54) is 17.0 Å². The standard InChI is InChI=1S/C24H27FN4O2/c1-2-3-6-13-29-23(30)21(18-8-10-19(25)11-9-18)22(24(29)31)28-16-14-27(15-17-28)20-7-4-5-12-26-20/h4-5,7-12H,2-3,6,13-17H2,1H3. The summed E-state index contributed by atoms with van der Waals surface area (Å²) in [6.45, 7) is 5.12. The van der Waals surface area contributed by atoms with E-state index in [-0.39, 0.29) is 17.6 Å². The summed E-state index contributed by atoms with van der Waals surface area (Å²) in [6, 6.07) is 11.6. The summed E-state index contributed by atoms with van der Waals surface area (Å²) in [7, 11) is 0. The van der Waals surface area contributed by atoms with E-state index in [0.29, 0.717) is 49.6 Å². The molecule has 1 aromatic carbocycles. The van der Waals surface area contributed by atoms with Crippen LogP contribution in [0.5, 0.6) is 0 Å². The monoisotopic (exact) mass is 422 g/mol. The highest BCUT2D eigenvalue weighted by molar-refractivity contribution is 6.35. The molecule has 0 N–H and O–H groups in total. The molecule has 2 aliphatic heterocycles. The minimum Gasteiger partial charge on any atom is -0.363 e. The highest BCUT2D eigenvalue weighted by Crippen LogP contribution is 2.33. The Morgan fingerprint density at radius 1 is 0.903 bits per heavy atom. The average Bonchev–Trinajstić information content (AvgIpc) is 3.05. The van der Waals surface area contributed by atoms with Crippen molar-refractivity contribution in [1.29, 1.82) is 0 Å². The maximum absolute atomic E-state index is 13.5. The highest BCUT2D eigenvalue weighted by atomic mass is 19.1. The molecule has 0 saturated carbocycles. The lowest BCUT2D eigenvalue weighted by Crippen LogP contribution is -2.48. The largest absolute Gasteiger partial charge is 0.363 e. The molecule has 0 atom stereocenters. The Labute approximate surface area is 182 Å². The van der Waals surface area contributed by atoms with Gasteiger partial charge in [-0.3, -0.25) is 14.5 Å². The quantitative estimate of drug-likeness (QED) is 0.506. The fraction of sp³-hybridized carbons (Fsp3) is 0.375. The Balaban J connectivity index is 1.60. The molecule has 2 aliphatic rings. The van der Waals surface area contributed by atoms with E-state index in [1.807, 2.05) is 23.1 Å². The summed E-state index contributed by atoms with van der Waals surface area (Å²) in [5, 5.41) is 0. The van der Waals surface area contributed by atoms with Crippen molar-refractivity contribution in [3.8, 4) is 0 Å². The molecule has 1 aromatic heterocycles. The second kappa shape index (κ2) is 9.29. The van der Waals surface area contributed by atoms with Gasteiger partial charge < -0.3 is 9.80 Å². The number of aromatic nitrogens is 1. The van der Waals surface area contributed by atoms with Crippen molar-refractivity contribution < 1.29 is 14.0 Å². The molecule has 4 rings (SSSR count). The lowest BCUT2D eigenvalue weighted by Gasteiger charge is -2.37. The van der Waals surface area contributed by atoms with E-state index in [1.54, 1.807) is 18.3 Å². The van der Waals surface area contributed by atoms with E-state index in [9.17, 15) is 14.0 Å². The molecule has 1 fully saturated rings. The Morgan fingerprint density at radius 2 is 1.61 bits per heavy atom. The number of benzene rings is 1. The zero-order valence-electron chi connectivity index (χ0n) is 17.8. The number of unbranched alkanes of at least 4 members (excludes halogenated alkanes) is 2. The van der Waals surface area contributed by atoms with Crippen molar-refractivity contribution in [2.75, 3.05) is 37.6 Å². The molecule has 0 aliphatic carbocycles. The van der Waals surface area contributed by atoms with Gasteiger partial charge in [0.05, 0.1) is 5.57 Å². The van der Waals surface area contributed by atoms with E-state index in [2.05, 4.69) is 16.8 Å². The summed E-state index contributed by atoms with van der Waals surface area (Å²) in [5.41, 5.74) is 1.40. The number of pyridine rings is 1. The van der Waals surface area contributed by atoms with Gasteiger partial charge in [0, 0.05) is 38.9 Å². The van der Waals surface area contributed by atoms with Crippen LogP contribution in [0.3, 0.4) is 0 Å². The number of halogens is 1. The molecular formula is C24H27FN4O2. The average molecular weight is 423 g/mol. The number of carbonyl (C=O) groups excluding carboxylic acids is 2. The van der Waals surface area contributed by atoms with E-state index in [0.717, 1.165) is 25.1 Å². The first-order valence-electron chi connectivity index (χ1n) is 10.9. The predicted octanol–water partition coefficient (Wildman–Crippen LogP) is 3.31. The van der Waals surface area contributed by atoms with Crippen molar-refractivity contribution in [1.82, 2.24) is 14.8 Å². The molecule has 0 bridgehead atoms. The van der Waals surface area contributed by atoms with Gasteiger partial charge in [-0.15, -0.1) is 0 Å². The lowest BCUT2D eigenvalue weighted by atomic mass is 10.0. The van der Waals surface area contributed by atoms with Crippen LogP contribution in [0.4, 0.5) is 10.2 Å². The van der Waals surface area contributed by atoms with Crippen molar-refractivity contribution in [3.63, 3.8) is 0 Å². The zero-order valence-corrected chi connectivity index (χ0v) is 17.8. The van der Waals surface area contributed by atoms with Crippen LogP contribution in [0.25, 0.3) is 5.57 Å². The molecular weight excluding hydrogens is 395 g/mol. The number of piperazine rings is 1. The summed E-state index contributed by atoms with van der Waals surface area (Å²) in [4.78, 5) is 36.5. The number of rotatable bonds is 7. The zero-order chi connectivity index (χ0) is 21.8. The first kappa shape index (κ1) is 21.0. The van der Waals surface area contributed by atoms with Gasteiger partial charge in [0.1, 0.15) is 17.3 Å². The number of amides is 2. The third-order valence-corrected chi connectivity index (χ3v) is 5.83. The summed E-state index contributed by atoms with van der Waals surface area (Å²) in [6.07, 6.45) is 4.52. The van der Waals surface area contributed by atoms with Crippen LogP contribution in [0, 0.1) is 5.82 Å². The van der Waals surface area contributed by atoms with Gasteiger partial charge in [-0.25, -0.2) is 9.37 Å². The second-order valence-corrected chi connectivity index (χ2v) is 7.86. The van der Waals surface area contributed by atoms with Gasteiger partial charge in [-0.05, 0) is 36.2 Å². The highest BCUT2D eigenvalue weighted by Gasteiger charge is 2.41. The van der Waals surface area contributed by atoms with Crippen molar-refractivity contribution >= 4 is 23.2 Å². The molecule has 0 spiro atoms. The minimum atomic E-state index is -0.369. The van der Waals surface area contributed by atoms with Crippen LogP contribution in [-0.2, 0) is 9.59 Å². The minimum absolute atomic E-state index is 0.244. The molecule has 31 heavy (non-hydrogen) atoms. The predicted molar refractivity (Wildman–Crippen MR) is 118 cm³/mol. The number of nitrogens with zero attached hydrogens (tertiary/aromatic N) is 4. The molecule has 1 saturated heterocycles. The van der Waals surface area contributed by atoms with Crippen LogP contribution >= 0.6 is 0 Å². The maximum Gasteiger partial charge on any atom is 0.277 e. The van der Waals surface area contributed by atoms with Gasteiger partial charge in [-0.2, -0.15) is 0 Å². The van der Waals surface area contributed by atoms with Gasteiger partial charge in [-0.1, -0.05) is 38.0 Å². The molecule has 0 unspecified atom stereocenters. The number of carbonyl (C=O) groups is 2.